The molecule has 0 bridgehead atoms. The zero-order chi connectivity index (χ0) is 12.0. The standard InChI is InChI=1S/C9H8F4.C2H6/c1-5-3-2-4-6(8(10)11)7(5)9(12)13;1-2/h2-4,8-9H,1H3;1-2H3. The van der Waals surface area contributed by atoms with Crippen molar-refractivity contribution in [2.24, 2.45) is 0 Å². The van der Waals surface area contributed by atoms with Gasteiger partial charge in [0.25, 0.3) is 12.9 Å². The Kier molecular flexibility index (Phi) is 5.97. The molecule has 0 radical (unpaired) electrons. The van der Waals surface area contributed by atoms with Crippen molar-refractivity contribution in [2.45, 2.75) is 33.6 Å². The number of benzene rings is 1. The number of hydrogen-bond donors (Lipinski definition) is 0. The lowest BCUT2D eigenvalue weighted by Crippen LogP contribution is -1.97. The summed E-state index contributed by atoms with van der Waals surface area (Å²) in [6.45, 7) is 5.40. The maximum Gasteiger partial charge on any atom is 0.264 e. The minimum Gasteiger partial charge on any atom is -0.205 e. The summed E-state index contributed by atoms with van der Waals surface area (Å²) in [4.78, 5) is 0. The molecule has 0 atom stereocenters. The summed E-state index contributed by atoms with van der Waals surface area (Å²) in [5, 5.41) is 0. The molecule has 86 valence electrons. The molecule has 0 fully saturated rings. The third kappa shape index (κ3) is 3.53. The summed E-state index contributed by atoms with van der Waals surface area (Å²) < 4.78 is 49.1. The lowest BCUT2D eigenvalue weighted by atomic mass is 10.0. The molecule has 0 heterocycles. The van der Waals surface area contributed by atoms with Crippen LogP contribution in [-0.2, 0) is 0 Å². The van der Waals surface area contributed by atoms with Crippen molar-refractivity contribution >= 4 is 0 Å². The Morgan fingerprint density at radius 3 is 1.80 bits per heavy atom. The first-order valence-corrected chi connectivity index (χ1v) is 4.69. The molecule has 1 aromatic rings. The van der Waals surface area contributed by atoms with E-state index in [1.807, 2.05) is 13.8 Å². The average Bonchev–Trinajstić information content (AvgIpc) is 2.19. The molecule has 0 aliphatic heterocycles. The molecule has 0 N–H and O–H groups in total. The van der Waals surface area contributed by atoms with E-state index < -0.39 is 24.0 Å². The van der Waals surface area contributed by atoms with Crippen LogP contribution in [0.15, 0.2) is 18.2 Å². The first-order chi connectivity index (χ1) is 7.04. The normalized spacial score (nSPS) is 10.2. The molecule has 0 aromatic heterocycles. The van der Waals surface area contributed by atoms with Crippen LogP contribution in [0.4, 0.5) is 17.6 Å². The molecule has 0 saturated carbocycles. The minimum absolute atomic E-state index is 0.202. The number of hydrogen-bond acceptors (Lipinski definition) is 0. The fourth-order valence-electron chi connectivity index (χ4n) is 1.19. The van der Waals surface area contributed by atoms with Crippen molar-refractivity contribution in [1.82, 2.24) is 0 Å². The molecule has 1 aromatic carbocycles. The highest BCUT2D eigenvalue weighted by Crippen LogP contribution is 2.32. The summed E-state index contributed by atoms with van der Waals surface area (Å²) in [5.74, 6) is 0. The lowest BCUT2D eigenvalue weighted by Gasteiger charge is -2.10. The van der Waals surface area contributed by atoms with Gasteiger partial charge < -0.3 is 0 Å². The Morgan fingerprint density at radius 1 is 0.933 bits per heavy atom. The summed E-state index contributed by atoms with van der Waals surface area (Å²) in [5.41, 5.74) is -0.916. The van der Waals surface area contributed by atoms with Crippen LogP contribution in [0, 0.1) is 6.92 Å². The van der Waals surface area contributed by atoms with E-state index >= 15 is 0 Å². The molecule has 15 heavy (non-hydrogen) atoms. The smallest absolute Gasteiger partial charge is 0.205 e. The van der Waals surface area contributed by atoms with Gasteiger partial charge in [0.05, 0.1) is 0 Å². The van der Waals surface area contributed by atoms with Crippen molar-refractivity contribution in [2.75, 3.05) is 0 Å². The minimum atomic E-state index is -2.84. The highest BCUT2D eigenvalue weighted by atomic mass is 19.3. The van der Waals surface area contributed by atoms with Crippen molar-refractivity contribution in [3.63, 3.8) is 0 Å². The Labute approximate surface area is 86.9 Å². The number of rotatable bonds is 2. The highest BCUT2D eigenvalue weighted by molar-refractivity contribution is 5.36. The van der Waals surface area contributed by atoms with Crippen LogP contribution in [0.25, 0.3) is 0 Å². The van der Waals surface area contributed by atoms with Crippen LogP contribution < -0.4 is 0 Å². The van der Waals surface area contributed by atoms with Crippen LogP contribution in [0.2, 0.25) is 0 Å². The quantitative estimate of drug-likeness (QED) is 0.624. The van der Waals surface area contributed by atoms with Gasteiger partial charge in [-0.15, -0.1) is 0 Å². The predicted molar refractivity (Wildman–Crippen MR) is 52.4 cm³/mol. The maximum absolute atomic E-state index is 12.3. The van der Waals surface area contributed by atoms with E-state index in [0.29, 0.717) is 0 Å². The van der Waals surface area contributed by atoms with E-state index in [9.17, 15) is 17.6 Å². The zero-order valence-corrected chi connectivity index (χ0v) is 8.90. The molecule has 0 nitrogen and oxygen atoms in total. The molecule has 4 heteroatoms. The zero-order valence-electron chi connectivity index (χ0n) is 8.90. The van der Waals surface area contributed by atoms with Crippen LogP contribution in [-0.4, -0.2) is 0 Å². The number of aryl methyl sites for hydroxylation is 1. The van der Waals surface area contributed by atoms with E-state index in [0.717, 1.165) is 6.07 Å². The van der Waals surface area contributed by atoms with Gasteiger partial charge in [-0.1, -0.05) is 32.0 Å². The van der Waals surface area contributed by atoms with Gasteiger partial charge in [0, 0.05) is 11.1 Å². The van der Waals surface area contributed by atoms with E-state index in [1.54, 1.807) is 0 Å². The van der Waals surface area contributed by atoms with Crippen molar-refractivity contribution < 1.29 is 17.6 Å². The van der Waals surface area contributed by atoms with Gasteiger partial charge in [-0.3, -0.25) is 0 Å². The third-order valence-corrected chi connectivity index (χ3v) is 1.81. The first kappa shape index (κ1) is 13.9. The summed E-state index contributed by atoms with van der Waals surface area (Å²) in [6, 6.07) is 3.77. The van der Waals surface area contributed by atoms with E-state index in [-0.39, 0.29) is 5.56 Å². The topological polar surface area (TPSA) is 0 Å². The third-order valence-electron chi connectivity index (χ3n) is 1.81. The van der Waals surface area contributed by atoms with Crippen LogP contribution >= 0.6 is 0 Å². The van der Waals surface area contributed by atoms with Gasteiger partial charge in [-0.05, 0) is 12.5 Å². The van der Waals surface area contributed by atoms with E-state index in [1.165, 1.54) is 19.1 Å². The molecule has 0 aliphatic carbocycles. The second-order valence-corrected chi connectivity index (χ2v) is 2.68. The molecule has 0 amide bonds. The van der Waals surface area contributed by atoms with Gasteiger partial charge >= 0.3 is 0 Å². The maximum atomic E-state index is 12.3. The van der Waals surface area contributed by atoms with Crippen molar-refractivity contribution in [3.05, 3.63) is 34.9 Å². The molecule has 0 unspecified atom stereocenters. The second kappa shape index (κ2) is 6.43. The summed E-state index contributed by atoms with van der Waals surface area (Å²) >= 11 is 0. The van der Waals surface area contributed by atoms with Crippen LogP contribution in [0.5, 0.6) is 0 Å². The first-order valence-electron chi connectivity index (χ1n) is 4.69. The van der Waals surface area contributed by atoms with Gasteiger partial charge in [-0.25, -0.2) is 17.6 Å². The fourth-order valence-corrected chi connectivity index (χ4v) is 1.19. The SMILES string of the molecule is CC.Cc1cccc(C(F)F)c1C(F)F. The molecular formula is C11H14F4. The molecule has 0 saturated heterocycles. The van der Waals surface area contributed by atoms with Gasteiger partial charge in [-0.2, -0.15) is 0 Å². The Hall–Kier alpha value is -1.06. The summed E-state index contributed by atoms with van der Waals surface area (Å²) in [6.07, 6.45) is -5.69. The predicted octanol–water partition coefficient (Wildman–Crippen LogP) is 4.90. The number of alkyl halides is 4. The van der Waals surface area contributed by atoms with Crippen LogP contribution in [0.3, 0.4) is 0 Å². The number of halogens is 4. The summed E-state index contributed by atoms with van der Waals surface area (Å²) in [7, 11) is 0. The van der Waals surface area contributed by atoms with Gasteiger partial charge in [0.15, 0.2) is 0 Å². The van der Waals surface area contributed by atoms with E-state index in [4.69, 9.17) is 0 Å². The monoisotopic (exact) mass is 222 g/mol. The largest absolute Gasteiger partial charge is 0.264 e. The second-order valence-electron chi connectivity index (χ2n) is 2.68. The molecule has 0 spiro atoms. The Bertz CT molecular complexity index is 295. The highest BCUT2D eigenvalue weighted by Gasteiger charge is 2.20. The molecule has 0 aliphatic rings. The van der Waals surface area contributed by atoms with Gasteiger partial charge in [0.2, 0.25) is 0 Å². The Balaban J connectivity index is 0.000000921. The molecule has 1 rings (SSSR count). The average molecular weight is 222 g/mol. The Morgan fingerprint density at radius 2 is 1.47 bits per heavy atom. The van der Waals surface area contributed by atoms with Crippen molar-refractivity contribution in [3.8, 4) is 0 Å². The van der Waals surface area contributed by atoms with E-state index in [2.05, 4.69) is 0 Å². The fraction of sp³-hybridized carbons (Fsp3) is 0.455. The van der Waals surface area contributed by atoms with Crippen LogP contribution in [0.1, 0.15) is 43.4 Å². The van der Waals surface area contributed by atoms with Crippen molar-refractivity contribution in [1.29, 1.82) is 0 Å². The molecular weight excluding hydrogens is 208 g/mol. The van der Waals surface area contributed by atoms with Gasteiger partial charge in [0.1, 0.15) is 0 Å². The lowest BCUT2D eigenvalue weighted by molar-refractivity contribution is 0.124.